The molecule has 0 N–H and O–H groups in total. The van der Waals surface area contributed by atoms with Crippen molar-refractivity contribution < 1.29 is 4.79 Å². The Balaban J connectivity index is 2.14. The highest BCUT2D eigenvalue weighted by Crippen LogP contribution is 2.22. The van der Waals surface area contributed by atoms with Crippen molar-refractivity contribution in [3.8, 4) is 0 Å². The number of Topliss-reactive ketones (excluding diaryl/α,β-unsaturated/α-hetero) is 1. The first kappa shape index (κ1) is 14.2. The highest BCUT2D eigenvalue weighted by molar-refractivity contribution is 5.94. The zero-order valence-corrected chi connectivity index (χ0v) is 12.2. The average Bonchev–Trinajstić information content (AvgIpc) is 2.42. The number of hydrogen-bond donors (Lipinski definition) is 0. The summed E-state index contributed by atoms with van der Waals surface area (Å²) in [7, 11) is 0. The van der Waals surface area contributed by atoms with Crippen molar-refractivity contribution in [2.75, 3.05) is 0 Å². The number of carbonyl (C=O) groups excluding carboxylic acids is 1. The molecule has 0 aromatic heterocycles. The molecule has 0 aliphatic rings. The van der Waals surface area contributed by atoms with Crippen LogP contribution in [-0.4, -0.2) is 12.0 Å². The van der Waals surface area contributed by atoms with Gasteiger partial charge in [-0.2, -0.15) is 0 Å². The van der Waals surface area contributed by atoms with Crippen LogP contribution in [0.1, 0.15) is 34.0 Å². The summed E-state index contributed by atoms with van der Waals surface area (Å²) in [6, 6.07) is 13.9. The molecule has 0 radical (unpaired) electrons. The topological polar surface area (TPSA) is 29.4 Å². The van der Waals surface area contributed by atoms with Crippen molar-refractivity contribution in [1.29, 1.82) is 0 Å². The SMILES string of the molecule is CC(=O)c1cccc(CC=Nc2c(C)cccc2C)c1. The Kier molecular flexibility index (Phi) is 4.46. The molecule has 0 aliphatic heterocycles. The third-order valence-electron chi connectivity index (χ3n) is 3.32. The van der Waals surface area contributed by atoms with Gasteiger partial charge in [-0.3, -0.25) is 9.79 Å². The zero-order chi connectivity index (χ0) is 14.5. The van der Waals surface area contributed by atoms with Gasteiger partial charge in [-0.05, 0) is 43.5 Å². The first-order chi connectivity index (χ1) is 9.58. The van der Waals surface area contributed by atoms with Crippen molar-refractivity contribution >= 4 is 17.7 Å². The van der Waals surface area contributed by atoms with E-state index in [9.17, 15) is 4.79 Å². The lowest BCUT2D eigenvalue weighted by atomic mass is 10.1. The monoisotopic (exact) mass is 265 g/mol. The third-order valence-corrected chi connectivity index (χ3v) is 3.32. The van der Waals surface area contributed by atoms with E-state index < -0.39 is 0 Å². The molecule has 102 valence electrons. The second-order valence-corrected chi connectivity index (χ2v) is 5.01. The van der Waals surface area contributed by atoms with Crippen molar-refractivity contribution in [2.45, 2.75) is 27.2 Å². The molecule has 0 atom stereocenters. The summed E-state index contributed by atoms with van der Waals surface area (Å²) in [5.41, 5.74) is 5.25. The number of aliphatic imine (C=N–C) groups is 1. The minimum Gasteiger partial charge on any atom is -0.295 e. The van der Waals surface area contributed by atoms with Gasteiger partial charge in [0.25, 0.3) is 0 Å². The Morgan fingerprint density at radius 3 is 2.40 bits per heavy atom. The Bertz CT molecular complexity index is 636. The summed E-state index contributed by atoms with van der Waals surface area (Å²) in [5, 5.41) is 0. The van der Waals surface area contributed by atoms with Crippen LogP contribution in [-0.2, 0) is 6.42 Å². The van der Waals surface area contributed by atoms with Crippen LogP contribution in [0.5, 0.6) is 0 Å². The standard InChI is InChI=1S/C18H19NO/c1-13-6-4-7-14(2)18(13)19-11-10-16-8-5-9-17(12-16)15(3)20/h4-9,11-12H,10H2,1-3H3. The number of nitrogens with zero attached hydrogens (tertiary/aromatic N) is 1. The maximum atomic E-state index is 11.3. The Hall–Kier alpha value is -2.22. The minimum atomic E-state index is 0.0959. The van der Waals surface area contributed by atoms with E-state index in [0.717, 1.165) is 23.2 Å². The van der Waals surface area contributed by atoms with Crippen LogP contribution in [0.4, 0.5) is 5.69 Å². The van der Waals surface area contributed by atoms with Crippen LogP contribution >= 0.6 is 0 Å². The van der Waals surface area contributed by atoms with E-state index in [2.05, 4.69) is 31.0 Å². The highest BCUT2D eigenvalue weighted by Gasteiger charge is 2.01. The minimum absolute atomic E-state index is 0.0959. The van der Waals surface area contributed by atoms with Crippen LogP contribution in [0, 0.1) is 13.8 Å². The average molecular weight is 265 g/mol. The molecular weight excluding hydrogens is 246 g/mol. The summed E-state index contributed by atoms with van der Waals surface area (Å²) in [6.07, 6.45) is 2.64. The van der Waals surface area contributed by atoms with E-state index in [0.29, 0.717) is 0 Å². The van der Waals surface area contributed by atoms with Gasteiger partial charge in [-0.25, -0.2) is 0 Å². The molecule has 0 fully saturated rings. The molecule has 2 aromatic carbocycles. The van der Waals surface area contributed by atoms with Crippen LogP contribution < -0.4 is 0 Å². The number of para-hydroxylation sites is 1. The van der Waals surface area contributed by atoms with E-state index in [-0.39, 0.29) is 5.78 Å². The molecule has 2 aromatic rings. The van der Waals surface area contributed by atoms with Gasteiger partial charge >= 0.3 is 0 Å². The van der Waals surface area contributed by atoms with Gasteiger partial charge in [-0.15, -0.1) is 0 Å². The molecule has 2 heteroatoms. The maximum Gasteiger partial charge on any atom is 0.159 e. The molecule has 0 saturated carbocycles. The number of carbonyl (C=O) groups is 1. The predicted octanol–water partition coefficient (Wildman–Crippen LogP) is 4.45. The zero-order valence-electron chi connectivity index (χ0n) is 12.2. The van der Waals surface area contributed by atoms with E-state index >= 15 is 0 Å². The number of ketones is 1. The molecule has 0 unspecified atom stereocenters. The summed E-state index contributed by atoms with van der Waals surface area (Å²) in [4.78, 5) is 15.9. The summed E-state index contributed by atoms with van der Waals surface area (Å²) < 4.78 is 0. The quantitative estimate of drug-likeness (QED) is 0.593. The smallest absolute Gasteiger partial charge is 0.159 e. The van der Waals surface area contributed by atoms with Gasteiger partial charge in [0.2, 0.25) is 0 Å². The van der Waals surface area contributed by atoms with Crippen molar-refractivity contribution in [3.05, 3.63) is 64.7 Å². The molecule has 2 nitrogen and oxygen atoms in total. The Morgan fingerprint density at radius 2 is 1.75 bits per heavy atom. The van der Waals surface area contributed by atoms with Crippen molar-refractivity contribution in [3.63, 3.8) is 0 Å². The first-order valence-electron chi connectivity index (χ1n) is 6.76. The Labute approximate surface area is 120 Å². The molecule has 0 heterocycles. The lowest BCUT2D eigenvalue weighted by Crippen LogP contribution is -1.94. The summed E-state index contributed by atoms with van der Waals surface area (Å²) in [6.45, 7) is 5.72. The largest absolute Gasteiger partial charge is 0.295 e. The number of hydrogen-bond acceptors (Lipinski definition) is 2. The fraction of sp³-hybridized carbons (Fsp3) is 0.222. The van der Waals surface area contributed by atoms with E-state index in [1.54, 1.807) is 6.92 Å². The lowest BCUT2D eigenvalue weighted by Gasteiger charge is -2.04. The van der Waals surface area contributed by atoms with E-state index in [4.69, 9.17) is 0 Å². The molecule has 0 spiro atoms. The summed E-state index contributed by atoms with van der Waals surface area (Å²) >= 11 is 0. The molecule has 0 aliphatic carbocycles. The van der Waals surface area contributed by atoms with Crippen LogP contribution in [0.25, 0.3) is 0 Å². The van der Waals surface area contributed by atoms with Gasteiger partial charge < -0.3 is 0 Å². The first-order valence-corrected chi connectivity index (χ1v) is 6.76. The van der Waals surface area contributed by atoms with Crippen molar-refractivity contribution in [1.82, 2.24) is 0 Å². The number of rotatable bonds is 4. The molecule has 0 amide bonds. The van der Waals surface area contributed by atoms with Crippen LogP contribution in [0.15, 0.2) is 47.5 Å². The normalized spacial score (nSPS) is 10.9. The van der Waals surface area contributed by atoms with Gasteiger partial charge in [0, 0.05) is 18.2 Å². The van der Waals surface area contributed by atoms with Gasteiger partial charge in [0.1, 0.15) is 0 Å². The molecule has 0 saturated heterocycles. The number of aryl methyl sites for hydroxylation is 2. The fourth-order valence-corrected chi connectivity index (χ4v) is 2.17. The predicted molar refractivity (Wildman–Crippen MR) is 84.2 cm³/mol. The van der Waals surface area contributed by atoms with Gasteiger partial charge in [0.15, 0.2) is 5.78 Å². The molecule has 0 bridgehead atoms. The van der Waals surface area contributed by atoms with Crippen LogP contribution in [0.2, 0.25) is 0 Å². The maximum absolute atomic E-state index is 11.3. The van der Waals surface area contributed by atoms with Crippen molar-refractivity contribution in [2.24, 2.45) is 4.99 Å². The fourth-order valence-electron chi connectivity index (χ4n) is 2.17. The van der Waals surface area contributed by atoms with Gasteiger partial charge in [-0.1, -0.05) is 36.4 Å². The second-order valence-electron chi connectivity index (χ2n) is 5.01. The molecule has 20 heavy (non-hydrogen) atoms. The third kappa shape index (κ3) is 3.41. The summed E-state index contributed by atoms with van der Waals surface area (Å²) in [5.74, 6) is 0.0959. The van der Waals surface area contributed by atoms with E-state index in [1.807, 2.05) is 36.5 Å². The molecule has 2 rings (SSSR count). The number of benzene rings is 2. The van der Waals surface area contributed by atoms with Crippen LogP contribution in [0.3, 0.4) is 0 Å². The Morgan fingerprint density at radius 1 is 1.10 bits per heavy atom. The van der Waals surface area contributed by atoms with E-state index in [1.165, 1.54) is 11.1 Å². The van der Waals surface area contributed by atoms with Gasteiger partial charge in [0.05, 0.1) is 5.69 Å². The second kappa shape index (κ2) is 6.29. The lowest BCUT2D eigenvalue weighted by molar-refractivity contribution is 0.101. The molecular formula is C18H19NO. The highest BCUT2D eigenvalue weighted by atomic mass is 16.1.